The molecule has 0 unspecified atom stereocenters. The fourth-order valence-electron chi connectivity index (χ4n) is 2.33. The highest BCUT2D eigenvalue weighted by Gasteiger charge is 2.12. The number of halogens is 2. The molecule has 0 saturated heterocycles. The molecular weight excluding hydrogens is 327 g/mol. The lowest BCUT2D eigenvalue weighted by molar-refractivity contribution is 0.415. The molecule has 2 heterocycles. The second kappa shape index (κ2) is 6.26. The smallest absolute Gasteiger partial charge is 0.121 e. The molecule has 0 atom stereocenters. The van der Waals surface area contributed by atoms with E-state index in [1.165, 1.54) is 4.88 Å². The molecule has 21 heavy (non-hydrogen) atoms. The molecule has 0 N–H and O–H groups in total. The third-order valence-electron chi connectivity index (χ3n) is 3.30. The predicted molar refractivity (Wildman–Crippen MR) is 89.1 cm³/mol. The second-order valence-corrected chi connectivity index (χ2v) is 6.79. The van der Waals surface area contributed by atoms with Crippen LogP contribution in [-0.4, -0.2) is 22.5 Å². The van der Waals surface area contributed by atoms with Gasteiger partial charge < -0.3 is 9.30 Å². The molecule has 0 aliphatic heterocycles. The van der Waals surface area contributed by atoms with E-state index in [1.807, 2.05) is 30.3 Å². The minimum Gasteiger partial charge on any atom is -0.497 e. The van der Waals surface area contributed by atoms with Gasteiger partial charge in [0.2, 0.25) is 0 Å². The monoisotopic (exact) mass is 340 g/mol. The van der Waals surface area contributed by atoms with Crippen molar-refractivity contribution in [3.63, 3.8) is 0 Å². The highest BCUT2D eigenvalue weighted by molar-refractivity contribution is 7.16. The number of fused-ring (bicyclic) bond motifs is 1. The Bertz CT molecular complexity index is 766. The molecule has 0 aliphatic rings. The molecule has 6 heteroatoms. The van der Waals surface area contributed by atoms with Crippen molar-refractivity contribution in [1.29, 1.82) is 0 Å². The van der Waals surface area contributed by atoms with Crippen LogP contribution in [0.25, 0.3) is 11.0 Å². The van der Waals surface area contributed by atoms with Crippen LogP contribution in [0.1, 0.15) is 10.7 Å². The van der Waals surface area contributed by atoms with Crippen molar-refractivity contribution >= 4 is 45.6 Å². The van der Waals surface area contributed by atoms with Crippen LogP contribution in [0, 0.1) is 0 Å². The molecule has 0 bridgehead atoms. The van der Waals surface area contributed by atoms with Crippen molar-refractivity contribution in [2.45, 2.75) is 13.0 Å². The minimum atomic E-state index is 0.547. The molecule has 3 nitrogen and oxygen atoms in total. The number of aromatic nitrogens is 2. The number of nitrogens with zero attached hydrogens (tertiary/aromatic N) is 2. The summed E-state index contributed by atoms with van der Waals surface area (Å²) in [6.07, 6.45) is 0.734. The molecule has 0 fully saturated rings. The third kappa shape index (κ3) is 3.03. The molecule has 3 aromatic rings. The van der Waals surface area contributed by atoms with Crippen LogP contribution in [0.4, 0.5) is 0 Å². The Labute approximate surface area is 137 Å². The van der Waals surface area contributed by atoms with Crippen LogP contribution >= 0.6 is 34.5 Å². The lowest BCUT2D eigenvalue weighted by Gasteiger charge is -2.07. The summed E-state index contributed by atoms with van der Waals surface area (Å²) in [4.78, 5) is 5.88. The molecule has 3 rings (SSSR count). The maximum Gasteiger partial charge on any atom is 0.121 e. The Morgan fingerprint density at radius 2 is 2.14 bits per heavy atom. The Morgan fingerprint density at radius 3 is 2.81 bits per heavy atom. The molecule has 110 valence electrons. The van der Waals surface area contributed by atoms with Gasteiger partial charge in [-0.05, 0) is 24.3 Å². The number of hydrogen-bond donors (Lipinski definition) is 0. The minimum absolute atomic E-state index is 0.547. The van der Waals surface area contributed by atoms with Crippen molar-refractivity contribution in [2.24, 2.45) is 0 Å². The maximum absolute atomic E-state index is 6.02. The van der Waals surface area contributed by atoms with E-state index in [9.17, 15) is 0 Å². The average Bonchev–Trinajstić information content (AvgIpc) is 3.04. The van der Waals surface area contributed by atoms with Crippen LogP contribution in [0.3, 0.4) is 0 Å². The van der Waals surface area contributed by atoms with Crippen LogP contribution in [0.2, 0.25) is 4.34 Å². The summed E-state index contributed by atoms with van der Waals surface area (Å²) in [6, 6.07) is 9.91. The first-order valence-electron chi connectivity index (χ1n) is 6.54. The van der Waals surface area contributed by atoms with Gasteiger partial charge in [0, 0.05) is 23.2 Å². The fourth-order valence-corrected chi connectivity index (χ4v) is 3.58. The van der Waals surface area contributed by atoms with Gasteiger partial charge in [0.15, 0.2) is 0 Å². The Balaban J connectivity index is 2.06. The molecule has 2 aromatic heterocycles. The van der Waals surface area contributed by atoms with Gasteiger partial charge in [0.25, 0.3) is 0 Å². The quantitative estimate of drug-likeness (QED) is 0.635. The number of rotatable bonds is 5. The summed E-state index contributed by atoms with van der Waals surface area (Å²) in [7, 11) is 1.66. The zero-order valence-electron chi connectivity index (χ0n) is 11.5. The van der Waals surface area contributed by atoms with Crippen LogP contribution in [0.5, 0.6) is 5.75 Å². The van der Waals surface area contributed by atoms with Crippen LogP contribution < -0.4 is 4.74 Å². The maximum atomic E-state index is 6.02. The average molecular weight is 341 g/mol. The fraction of sp³-hybridized carbons (Fsp3) is 0.267. The number of methoxy groups -OCH3 is 1. The molecular formula is C15H14Cl2N2OS. The summed E-state index contributed by atoms with van der Waals surface area (Å²) >= 11 is 13.5. The first kappa shape index (κ1) is 14.7. The second-order valence-electron chi connectivity index (χ2n) is 4.61. The summed E-state index contributed by atoms with van der Waals surface area (Å²) < 4.78 is 8.26. The van der Waals surface area contributed by atoms with E-state index in [0.29, 0.717) is 5.88 Å². The van der Waals surface area contributed by atoms with E-state index in [1.54, 1.807) is 18.4 Å². The number of ether oxygens (including phenoxy) is 1. The van der Waals surface area contributed by atoms with Gasteiger partial charge in [-0.25, -0.2) is 4.98 Å². The van der Waals surface area contributed by atoms with Crippen molar-refractivity contribution in [3.8, 4) is 5.75 Å². The Morgan fingerprint density at radius 1 is 1.29 bits per heavy atom. The summed E-state index contributed by atoms with van der Waals surface area (Å²) in [5.41, 5.74) is 2.01. The van der Waals surface area contributed by atoms with Gasteiger partial charge in [-0.2, -0.15) is 0 Å². The number of imidazole rings is 1. The number of thiophene rings is 1. The predicted octanol–water partition coefficient (Wildman–Crippen LogP) is 4.59. The number of aryl methyl sites for hydroxylation is 1. The van der Waals surface area contributed by atoms with E-state index in [2.05, 4.69) is 9.55 Å². The lowest BCUT2D eigenvalue weighted by atomic mass is 10.3. The summed E-state index contributed by atoms with van der Waals surface area (Å²) in [5, 5.41) is 0. The van der Waals surface area contributed by atoms with E-state index >= 15 is 0 Å². The van der Waals surface area contributed by atoms with Crippen molar-refractivity contribution in [3.05, 3.63) is 45.4 Å². The van der Waals surface area contributed by atoms with Crippen LogP contribution in [-0.2, 0) is 13.0 Å². The molecule has 0 spiro atoms. The van der Waals surface area contributed by atoms with Crippen molar-refractivity contribution in [2.75, 3.05) is 13.0 Å². The van der Waals surface area contributed by atoms with Gasteiger partial charge >= 0.3 is 0 Å². The van der Waals surface area contributed by atoms with Crippen molar-refractivity contribution in [1.82, 2.24) is 9.55 Å². The van der Waals surface area contributed by atoms with E-state index in [0.717, 1.165) is 39.9 Å². The molecule has 0 saturated carbocycles. The number of hydrogen-bond acceptors (Lipinski definition) is 3. The largest absolute Gasteiger partial charge is 0.497 e. The normalized spacial score (nSPS) is 11.2. The van der Waals surface area contributed by atoms with E-state index < -0.39 is 0 Å². The molecule has 0 amide bonds. The zero-order valence-corrected chi connectivity index (χ0v) is 13.8. The molecule has 0 aliphatic carbocycles. The summed E-state index contributed by atoms with van der Waals surface area (Å²) in [6.45, 7) is 0.756. The topological polar surface area (TPSA) is 27.1 Å². The molecule has 0 radical (unpaired) electrons. The van der Waals surface area contributed by atoms with Gasteiger partial charge in [0.05, 0.1) is 29.0 Å². The zero-order chi connectivity index (χ0) is 14.8. The third-order valence-corrected chi connectivity index (χ3v) is 4.70. The van der Waals surface area contributed by atoms with Gasteiger partial charge in [-0.3, -0.25) is 0 Å². The first-order chi connectivity index (χ1) is 10.2. The highest BCUT2D eigenvalue weighted by atomic mass is 35.5. The highest BCUT2D eigenvalue weighted by Crippen LogP contribution is 2.26. The van der Waals surface area contributed by atoms with Gasteiger partial charge in [-0.15, -0.1) is 22.9 Å². The van der Waals surface area contributed by atoms with E-state index in [-0.39, 0.29) is 0 Å². The SMILES string of the molecule is COc1ccc2c(c1)nc(CCCl)n2Cc1ccc(Cl)s1. The van der Waals surface area contributed by atoms with Gasteiger partial charge in [0.1, 0.15) is 11.6 Å². The van der Waals surface area contributed by atoms with Crippen LogP contribution in [0.15, 0.2) is 30.3 Å². The van der Waals surface area contributed by atoms with E-state index in [4.69, 9.17) is 27.9 Å². The van der Waals surface area contributed by atoms with Crippen molar-refractivity contribution < 1.29 is 4.74 Å². The standard InChI is InChI=1S/C15H14Cl2N2OS/c1-20-10-2-4-13-12(8-10)18-15(6-7-16)19(13)9-11-3-5-14(17)21-11/h2-5,8H,6-7,9H2,1H3. The Kier molecular flexibility index (Phi) is 4.38. The molecule has 1 aromatic carbocycles. The Hall–Kier alpha value is -1.23. The number of alkyl halides is 1. The summed E-state index contributed by atoms with van der Waals surface area (Å²) in [5.74, 6) is 2.34. The van der Waals surface area contributed by atoms with Gasteiger partial charge in [-0.1, -0.05) is 11.6 Å². The number of benzene rings is 1. The first-order valence-corrected chi connectivity index (χ1v) is 8.27. The lowest BCUT2D eigenvalue weighted by Crippen LogP contribution is -2.04.